The van der Waals surface area contributed by atoms with E-state index in [1.807, 2.05) is 0 Å². The molecule has 0 heterocycles. The Balaban J connectivity index is 1.51. The van der Waals surface area contributed by atoms with Gasteiger partial charge in [-0.15, -0.1) is 0 Å². The third kappa shape index (κ3) is 6.53. The summed E-state index contributed by atoms with van der Waals surface area (Å²) < 4.78 is 10.3. The lowest BCUT2D eigenvalue weighted by Crippen LogP contribution is -2.25. The van der Waals surface area contributed by atoms with Gasteiger partial charge >= 0.3 is 6.09 Å². The Bertz CT molecular complexity index is 895. The van der Waals surface area contributed by atoms with Gasteiger partial charge in [-0.05, 0) is 50.1 Å². The lowest BCUT2D eigenvalue weighted by molar-refractivity contribution is -0.118. The van der Waals surface area contributed by atoms with Gasteiger partial charge < -0.3 is 20.1 Å². The molecule has 0 aromatic heterocycles. The minimum Gasteiger partial charge on any atom is -0.484 e. The second-order valence-corrected chi connectivity index (χ2v) is 6.54. The van der Waals surface area contributed by atoms with Crippen LogP contribution in [0.5, 0.6) is 5.75 Å². The Hall–Kier alpha value is -3.55. The van der Waals surface area contributed by atoms with Crippen LogP contribution in [0.4, 0.5) is 16.2 Å². The van der Waals surface area contributed by atoms with Crippen LogP contribution in [0.2, 0.25) is 0 Å². The fourth-order valence-electron chi connectivity index (χ4n) is 2.53. The number of carbonyl (C=O) groups is 3. The van der Waals surface area contributed by atoms with Gasteiger partial charge in [0.15, 0.2) is 6.61 Å². The number of carbonyl (C=O) groups excluding carboxylic acids is 3. The summed E-state index contributed by atoms with van der Waals surface area (Å²) in [6, 6.07) is 13.6. The van der Waals surface area contributed by atoms with Gasteiger partial charge in [-0.2, -0.15) is 0 Å². The number of rotatable bonds is 8. The van der Waals surface area contributed by atoms with Crippen molar-refractivity contribution in [2.45, 2.75) is 25.8 Å². The molecule has 0 saturated heterocycles. The molecule has 152 valence electrons. The lowest BCUT2D eigenvalue weighted by atomic mass is 10.2. The molecule has 0 aliphatic heterocycles. The van der Waals surface area contributed by atoms with Gasteiger partial charge in [0.2, 0.25) is 0 Å². The van der Waals surface area contributed by atoms with Crippen molar-refractivity contribution in [3.05, 3.63) is 54.1 Å². The van der Waals surface area contributed by atoms with E-state index in [1.54, 1.807) is 55.5 Å². The van der Waals surface area contributed by atoms with Crippen molar-refractivity contribution >= 4 is 29.3 Å². The summed E-state index contributed by atoms with van der Waals surface area (Å²) in [6.45, 7) is 1.76. The molecule has 1 aliphatic carbocycles. The van der Waals surface area contributed by atoms with Crippen LogP contribution in [0.1, 0.15) is 30.1 Å². The van der Waals surface area contributed by atoms with Crippen molar-refractivity contribution in [1.82, 2.24) is 5.32 Å². The van der Waals surface area contributed by atoms with Crippen LogP contribution in [-0.2, 0) is 9.53 Å². The van der Waals surface area contributed by atoms with E-state index in [1.165, 1.54) is 0 Å². The summed E-state index contributed by atoms with van der Waals surface area (Å²) in [5.41, 5.74) is 1.50. The first-order valence-corrected chi connectivity index (χ1v) is 9.41. The van der Waals surface area contributed by atoms with Gasteiger partial charge in [-0.3, -0.25) is 14.9 Å². The zero-order valence-electron chi connectivity index (χ0n) is 16.1. The molecule has 3 amide bonds. The molecule has 1 fully saturated rings. The van der Waals surface area contributed by atoms with Gasteiger partial charge in [0.25, 0.3) is 11.8 Å². The first-order chi connectivity index (χ1) is 14.0. The number of amides is 3. The van der Waals surface area contributed by atoms with E-state index in [0.29, 0.717) is 22.7 Å². The van der Waals surface area contributed by atoms with Crippen LogP contribution in [0.3, 0.4) is 0 Å². The maximum absolute atomic E-state index is 12.2. The lowest BCUT2D eigenvalue weighted by Gasteiger charge is -2.10. The number of hydrogen-bond acceptors (Lipinski definition) is 5. The SMILES string of the molecule is CCOC(=O)Nc1cccc(OCC(=O)Nc2cccc(C(=O)NC3CC3)c2)c1. The molecule has 0 unspecified atom stereocenters. The minimum absolute atomic E-state index is 0.147. The van der Waals surface area contributed by atoms with E-state index in [2.05, 4.69) is 16.0 Å². The first-order valence-electron chi connectivity index (χ1n) is 9.41. The molecule has 0 spiro atoms. The maximum Gasteiger partial charge on any atom is 0.411 e. The van der Waals surface area contributed by atoms with E-state index < -0.39 is 6.09 Å². The fourth-order valence-corrected chi connectivity index (χ4v) is 2.53. The number of hydrogen-bond donors (Lipinski definition) is 3. The number of nitrogens with one attached hydrogen (secondary N) is 3. The number of benzene rings is 2. The van der Waals surface area contributed by atoms with E-state index in [9.17, 15) is 14.4 Å². The van der Waals surface area contributed by atoms with Gasteiger partial charge in [0.1, 0.15) is 5.75 Å². The predicted octanol–water partition coefficient (Wildman–Crippen LogP) is 3.16. The van der Waals surface area contributed by atoms with Crippen molar-refractivity contribution in [3.63, 3.8) is 0 Å². The monoisotopic (exact) mass is 397 g/mol. The van der Waals surface area contributed by atoms with E-state index in [0.717, 1.165) is 12.8 Å². The number of anilines is 2. The topological polar surface area (TPSA) is 106 Å². The van der Waals surface area contributed by atoms with Gasteiger partial charge in [0.05, 0.1) is 6.61 Å². The maximum atomic E-state index is 12.2. The molecule has 2 aromatic rings. The third-order valence-electron chi connectivity index (χ3n) is 4.05. The molecular weight excluding hydrogens is 374 g/mol. The van der Waals surface area contributed by atoms with Gasteiger partial charge in [-0.1, -0.05) is 12.1 Å². The van der Waals surface area contributed by atoms with Crippen LogP contribution in [0.25, 0.3) is 0 Å². The molecule has 8 heteroatoms. The highest BCUT2D eigenvalue weighted by atomic mass is 16.5. The molecule has 2 aromatic carbocycles. The summed E-state index contributed by atoms with van der Waals surface area (Å²) >= 11 is 0. The quantitative estimate of drug-likeness (QED) is 0.634. The predicted molar refractivity (Wildman–Crippen MR) is 108 cm³/mol. The van der Waals surface area contributed by atoms with Crippen LogP contribution in [0.15, 0.2) is 48.5 Å². The van der Waals surface area contributed by atoms with Crippen LogP contribution >= 0.6 is 0 Å². The smallest absolute Gasteiger partial charge is 0.411 e. The summed E-state index contributed by atoms with van der Waals surface area (Å²) in [4.78, 5) is 35.7. The Morgan fingerprint density at radius 1 is 1.00 bits per heavy atom. The molecule has 3 rings (SSSR count). The van der Waals surface area contributed by atoms with E-state index in [4.69, 9.17) is 9.47 Å². The average Bonchev–Trinajstić information content (AvgIpc) is 3.51. The third-order valence-corrected chi connectivity index (χ3v) is 4.05. The minimum atomic E-state index is -0.562. The molecule has 1 saturated carbocycles. The van der Waals surface area contributed by atoms with Gasteiger partial charge in [-0.25, -0.2) is 4.79 Å². The van der Waals surface area contributed by atoms with E-state index >= 15 is 0 Å². The highest BCUT2D eigenvalue weighted by molar-refractivity contribution is 5.97. The van der Waals surface area contributed by atoms with Crippen molar-refractivity contribution in [2.75, 3.05) is 23.8 Å². The van der Waals surface area contributed by atoms with Crippen molar-refractivity contribution in [1.29, 1.82) is 0 Å². The zero-order valence-corrected chi connectivity index (χ0v) is 16.1. The second kappa shape index (κ2) is 9.59. The Labute approximate surface area is 168 Å². The molecule has 29 heavy (non-hydrogen) atoms. The standard InChI is InChI=1S/C21H23N3O5/c1-2-28-21(27)24-17-7-4-8-18(12-17)29-13-19(25)22-16-6-3-5-14(11-16)20(26)23-15-9-10-15/h3-8,11-12,15H,2,9-10,13H2,1H3,(H,22,25)(H,23,26)(H,24,27). The van der Waals surface area contributed by atoms with Crippen LogP contribution in [0, 0.1) is 0 Å². The highest BCUT2D eigenvalue weighted by Gasteiger charge is 2.23. The highest BCUT2D eigenvalue weighted by Crippen LogP contribution is 2.20. The second-order valence-electron chi connectivity index (χ2n) is 6.54. The average molecular weight is 397 g/mol. The molecule has 3 N–H and O–H groups in total. The normalized spacial score (nSPS) is 12.6. The van der Waals surface area contributed by atoms with Crippen molar-refractivity contribution in [2.24, 2.45) is 0 Å². The summed E-state index contributed by atoms with van der Waals surface area (Å²) in [6.07, 6.45) is 1.46. The molecule has 0 radical (unpaired) electrons. The van der Waals surface area contributed by atoms with Crippen molar-refractivity contribution in [3.8, 4) is 5.75 Å². The van der Waals surface area contributed by atoms with Crippen molar-refractivity contribution < 1.29 is 23.9 Å². The summed E-state index contributed by atoms with van der Waals surface area (Å²) in [7, 11) is 0. The van der Waals surface area contributed by atoms with Crippen LogP contribution < -0.4 is 20.7 Å². The zero-order chi connectivity index (χ0) is 20.6. The van der Waals surface area contributed by atoms with E-state index in [-0.39, 0.29) is 31.1 Å². The summed E-state index contributed by atoms with van der Waals surface area (Å²) in [5, 5.41) is 8.18. The largest absolute Gasteiger partial charge is 0.484 e. The summed E-state index contributed by atoms with van der Waals surface area (Å²) in [5.74, 6) is -0.0914. The fraction of sp³-hybridized carbons (Fsp3) is 0.286. The van der Waals surface area contributed by atoms with Gasteiger partial charge in [0, 0.05) is 29.0 Å². The first kappa shape index (κ1) is 20.2. The Morgan fingerprint density at radius 2 is 1.72 bits per heavy atom. The molecule has 0 atom stereocenters. The Morgan fingerprint density at radius 3 is 2.45 bits per heavy atom. The molecular formula is C21H23N3O5. The molecule has 0 bridgehead atoms. The molecule has 1 aliphatic rings. The molecule has 8 nitrogen and oxygen atoms in total. The van der Waals surface area contributed by atoms with Crippen LogP contribution in [-0.4, -0.2) is 37.2 Å². The number of ether oxygens (including phenoxy) is 2. The Kier molecular flexibility index (Phi) is 6.67.